The van der Waals surface area contributed by atoms with Crippen LogP contribution in [0.3, 0.4) is 0 Å². The zero-order valence-electron chi connectivity index (χ0n) is 27.6. The van der Waals surface area contributed by atoms with Crippen LogP contribution in [-0.2, 0) is 20.8 Å². The van der Waals surface area contributed by atoms with Crippen molar-refractivity contribution in [2.24, 2.45) is 4.99 Å². The van der Waals surface area contributed by atoms with Crippen molar-refractivity contribution in [3.05, 3.63) is 132 Å². The molecule has 0 fully saturated rings. The number of thiazole rings is 1. The maximum absolute atomic E-state index is 14.3. The predicted molar refractivity (Wildman–Crippen MR) is 186 cm³/mol. The van der Waals surface area contributed by atoms with E-state index in [0.29, 0.717) is 51.7 Å². The molecular formula is C38H37N3O6S. The molecule has 0 saturated heterocycles. The van der Waals surface area contributed by atoms with Gasteiger partial charge in [-0.2, -0.15) is 0 Å². The van der Waals surface area contributed by atoms with E-state index in [1.807, 2.05) is 68.5 Å². The Labute approximate surface area is 282 Å². The number of ether oxygens (including phenoxy) is 3. The van der Waals surface area contributed by atoms with Crippen LogP contribution in [0, 0.1) is 6.92 Å². The van der Waals surface area contributed by atoms with Crippen molar-refractivity contribution in [3.63, 3.8) is 0 Å². The van der Waals surface area contributed by atoms with Crippen molar-refractivity contribution in [3.8, 4) is 5.75 Å². The molecule has 3 heterocycles. The molecule has 0 spiro atoms. The van der Waals surface area contributed by atoms with E-state index in [1.54, 1.807) is 37.5 Å². The van der Waals surface area contributed by atoms with Gasteiger partial charge in [0.2, 0.25) is 0 Å². The molecule has 0 radical (unpaired) electrons. The second-order valence-corrected chi connectivity index (χ2v) is 12.3. The van der Waals surface area contributed by atoms with Crippen molar-refractivity contribution in [2.75, 3.05) is 19.8 Å². The molecular weight excluding hydrogens is 627 g/mol. The lowest BCUT2D eigenvalue weighted by molar-refractivity contribution is -0.139. The van der Waals surface area contributed by atoms with Crippen LogP contribution in [0.1, 0.15) is 66.5 Å². The van der Waals surface area contributed by atoms with Gasteiger partial charge < -0.3 is 18.8 Å². The van der Waals surface area contributed by atoms with E-state index in [1.165, 1.54) is 11.3 Å². The molecule has 1 aliphatic rings. The summed E-state index contributed by atoms with van der Waals surface area (Å²) in [6, 6.07) is 22.3. The van der Waals surface area contributed by atoms with Gasteiger partial charge in [0.1, 0.15) is 5.75 Å². The summed E-state index contributed by atoms with van der Waals surface area (Å²) in [6.45, 7) is 10.9. The van der Waals surface area contributed by atoms with E-state index in [-0.39, 0.29) is 18.1 Å². The number of hydrogen-bond acceptors (Lipinski definition) is 8. The third-order valence-corrected chi connectivity index (χ3v) is 9.37. The smallest absolute Gasteiger partial charge is 0.338 e. The Bertz CT molecular complexity index is 2220. The number of benzene rings is 3. The van der Waals surface area contributed by atoms with Crippen molar-refractivity contribution in [1.82, 2.24) is 9.13 Å². The summed E-state index contributed by atoms with van der Waals surface area (Å²) >= 11 is 1.30. The Hall–Kier alpha value is -5.22. The van der Waals surface area contributed by atoms with Crippen LogP contribution in [-0.4, -0.2) is 40.9 Å². The van der Waals surface area contributed by atoms with Gasteiger partial charge in [0.05, 0.1) is 47.2 Å². The molecule has 5 aromatic rings. The van der Waals surface area contributed by atoms with Gasteiger partial charge in [0.25, 0.3) is 5.56 Å². The van der Waals surface area contributed by atoms with E-state index < -0.39 is 12.0 Å². The highest BCUT2D eigenvalue weighted by molar-refractivity contribution is 7.07. The van der Waals surface area contributed by atoms with Gasteiger partial charge >= 0.3 is 11.9 Å². The summed E-state index contributed by atoms with van der Waals surface area (Å²) in [5, 5.41) is 1.01. The Kier molecular flexibility index (Phi) is 9.45. The quantitative estimate of drug-likeness (QED) is 0.178. The number of para-hydroxylation sites is 1. The van der Waals surface area contributed by atoms with Gasteiger partial charge in [0, 0.05) is 28.7 Å². The summed E-state index contributed by atoms with van der Waals surface area (Å²) in [4.78, 5) is 45.0. The molecule has 246 valence electrons. The number of aromatic nitrogens is 2. The maximum Gasteiger partial charge on any atom is 0.338 e. The Morgan fingerprint density at radius 1 is 0.875 bits per heavy atom. The average molecular weight is 664 g/mol. The number of carbonyl (C=O) groups excluding carboxylic acids is 2. The molecule has 0 bridgehead atoms. The normalized spacial score (nSPS) is 14.5. The van der Waals surface area contributed by atoms with Crippen molar-refractivity contribution < 1.29 is 23.8 Å². The van der Waals surface area contributed by atoms with E-state index in [9.17, 15) is 14.4 Å². The highest BCUT2D eigenvalue weighted by Gasteiger charge is 2.33. The molecule has 10 heteroatoms. The van der Waals surface area contributed by atoms with E-state index in [2.05, 4.69) is 16.7 Å². The van der Waals surface area contributed by atoms with Crippen LogP contribution in [0.4, 0.5) is 0 Å². The van der Waals surface area contributed by atoms with E-state index in [4.69, 9.17) is 19.2 Å². The molecule has 6 rings (SSSR count). The fourth-order valence-electron chi connectivity index (χ4n) is 6.14. The standard InChI is InChI=1S/C38H37N3O6S/c1-6-45-28-19-17-26(18-20-28)34-33(37(44)47-8-3)23(4)39-38-41(34)35(42)32(48-38)21-30-24(5)40(31-12-10-9-11-29(30)31)22-25-13-15-27(16-14-25)36(43)46-7-2/h9-21,34H,6-8,22H2,1-5H3/b32-21-/t34-/m1/s1. The average Bonchev–Trinajstić information content (AvgIpc) is 3.53. The molecule has 48 heavy (non-hydrogen) atoms. The lowest BCUT2D eigenvalue weighted by Gasteiger charge is -2.24. The zero-order valence-corrected chi connectivity index (χ0v) is 28.4. The molecule has 0 N–H and O–H groups in total. The number of nitrogens with zero attached hydrogens (tertiary/aromatic N) is 3. The highest BCUT2D eigenvalue weighted by Crippen LogP contribution is 2.32. The summed E-state index contributed by atoms with van der Waals surface area (Å²) in [5.41, 5.74) is 5.84. The van der Waals surface area contributed by atoms with Crippen molar-refractivity contribution in [1.29, 1.82) is 0 Å². The first-order valence-corrected chi connectivity index (χ1v) is 16.8. The van der Waals surface area contributed by atoms with Crippen LogP contribution in [0.15, 0.2) is 93.9 Å². The predicted octanol–water partition coefficient (Wildman–Crippen LogP) is 5.69. The van der Waals surface area contributed by atoms with Gasteiger partial charge in [0.15, 0.2) is 4.80 Å². The summed E-state index contributed by atoms with van der Waals surface area (Å²) in [7, 11) is 0. The fourth-order valence-corrected chi connectivity index (χ4v) is 7.17. The molecule has 0 amide bonds. The minimum atomic E-state index is -0.710. The highest BCUT2D eigenvalue weighted by atomic mass is 32.1. The van der Waals surface area contributed by atoms with E-state index in [0.717, 1.165) is 33.3 Å². The first-order chi connectivity index (χ1) is 23.2. The Morgan fingerprint density at radius 3 is 2.25 bits per heavy atom. The SMILES string of the molecule is CCOC(=O)C1=C(C)N=c2s/c(=C\c3c(C)n(Cc4ccc(C(=O)OCC)cc4)c4ccccc34)c(=O)n2[C@@H]1c1ccc(OCC)cc1. The number of allylic oxidation sites excluding steroid dienone is 1. The first-order valence-electron chi connectivity index (χ1n) is 16.0. The summed E-state index contributed by atoms with van der Waals surface area (Å²) in [6.07, 6.45) is 1.93. The minimum absolute atomic E-state index is 0.203. The van der Waals surface area contributed by atoms with Gasteiger partial charge in [-0.3, -0.25) is 9.36 Å². The van der Waals surface area contributed by atoms with Crippen LogP contribution in [0.2, 0.25) is 0 Å². The zero-order chi connectivity index (χ0) is 33.9. The van der Waals surface area contributed by atoms with Gasteiger partial charge in [-0.05, 0) is 82.2 Å². The number of carbonyl (C=O) groups is 2. The van der Waals surface area contributed by atoms with Crippen molar-refractivity contribution in [2.45, 2.75) is 47.2 Å². The van der Waals surface area contributed by atoms with Crippen molar-refractivity contribution >= 4 is 40.3 Å². The lowest BCUT2D eigenvalue weighted by atomic mass is 9.96. The second-order valence-electron chi connectivity index (χ2n) is 11.3. The molecule has 1 atom stereocenters. The molecule has 0 aliphatic carbocycles. The second kappa shape index (κ2) is 13.9. The number of rotatable bonds is 10. The van der Waals surface area contributed by atoms with Crippen LogP contribution in [0.25, 0.3) is 17.0 Å². The largest absolute Gasteiger partial charge is 0.494 e. The number of esters is 2. The molecule has 1 aliphatic heterocycles. The monoisotopic (exact) mass is 663 g/mol. The molecule has 0 unspecified atom stereocenters. The van der Waals surface area contributed by atoms with E-state index >= 15 is 0 Å². The Morgan fingerprint density at radius 2 is 1.56 bits per heavy atom. The van der Waals surface area contributed by atoms with Gasteiger partial charge in [-0.15, -0.1) is 0 Å². The summed E-state index contributed by atoms with van der Waals surface area (Å²) in [5.74, 6) is -0.139. The number of hydrogen-bond donors (Lipinski definition) is 0. The number of fused-ring (bicyclic) bond motifs is 2. The third-order valence-electron chi connectivity index (χ3n) is 8.38. The first kappa shape index (κ1) is 32.7. The minimum Gasteiger partial charge on any atom is -0.494 e. The maximum atomic E-state index is 14.3. The van der Waals surface area contributed by atoms with Crippen LogP contribution < -0.4 is 19.6 Å². The summed E-state index contributed by atoms with van der Waals surface area (Å²) < 4.78 is 20.5. The van der Waals surface area contributed by atoms with Crippen LogP contribution in [0.5, 0.6) is 5.75 Å². The molecule has 2 aromatic heterocycles. The Balaban J connectivity index is 1.46. The van der Waals surface area contributed by atoms with Gasteiger partial charge in [-0.25, -0.2) is 14.6 Å². The topological polar surface area (TPSA) is 101 Å². The molecule has 9 nitrogen and oxygen atoms in total. The molecule has 0 saturated carbocycles. The lowest BCUT2D eigenvalue weighted by Crippen LogP contribution is -2.39. The molecule has 3 aromatic carbocycles. The van der Waals surface area contributed by atoms with Crippen LogP contribution >= 0.6 is 11.3 Å². The fraction of sp³-hybridized carbons (Fsp3) is 0.263. The van der Waals surface area contributed by atoms with Gasteiger partial charge in [-0.1, -0.05) is 53.8 Å². The third kappa shape index (κ3) is 6.11.